The normalized spacial score (nSPS) is 10.9. The van der Waals surface area contributed by atoms with Crippen molar-refractivity contribution < 1.29 is 9.21 Å². The van der Waals surface area contributed by atoms with Gasteiger partial charge in [0.2, 0.25) is 0 Å². The van der Waals surface area contributed by atoms with Crippen molar-refractivity contribution in [3.63, 3.8) is 0 Å². The Morgan fingerprint density at radius 3 is 2.20 bits per heavy atom. The van der Waals surface area contributed by atoms with Gasteiger partial charge in [0.25, 0.3) is 5.91 Å². The molecule has 0 spiro atoms. The standard InChI is InChI=1S/C22H17NO2/c23-22(24)20-19-17(14-15-8-3-1-4-9-15)12-7-13-18(19)25-21(20)16-10-5-2-6-11-16/h1-13H,14H2,(H2,23,24). The lowest BCUT2D eigenvalue weighted by Gasteiger charge is -2.05. The quantitative estimate of drug-likeness (QED) is 0.586. The lowest BCUT2D eigenvalue weighted by atomic mass is 9.97. The van der Waals surface area contributed by atoms with Gasteiger partial charge in [0, 0.05) is 10.9 Å². The van der Waals surface area contributed by atoms with Crippen molar-refractivity contribution in [2.75, 3.05) is 0 Å². The van der Waals surface area contributed by atoms with Crippen LogP contribution in [0.5, 0.6) is 0 Å². The van der Waals surface area contributed by atoms with E-state index in [1.54, 1.807) is 0 Å². The molecule has 3 heteroatoms. The van der Waals surface area contributed by atoms with Gasteiger partial charge >= 0.3 is 0 Å². The highest BCUT2D eigenvalue weighted by Gasteiger charge is 2.22. The van der Waals surface area contributed by atoms with Crippen molar-refractivity contribution in [1.29, 1.82) is 0 Å². The van der Waals surface area contributed by atoms with E-state index in [-0.39, 0.29) is 0 Å². The molecule has 2 N–H and O–H groups in total. The van der Waals surface area contributed by atoms with E-state index in [4.69, 9.17) is 10.2 Å². The van der Waals surface area contributed by atoms with Crippen molar-refractivity contribution in [2.45, 2.75) is 6.42 Å². The minimum Gasteiger partial charge on any atom is -0.455 e. The van der Waals surface area contributed by atoms with Gasteiger partial charge in [0.1, 0.15) is 11.3 Å². The van der Waals surface area contributed by atoms with Crippen LogP contribution >= 0.6 is 0 Å². The van der Waals surface area contributed by atoms with Crippen LogP contribution < -0.4 is 5.73 Å². The first kappa shape index (κ1) is 15.2. The monoisotopic (exact) mass is 327 g/mol. The van der Waals surface area contributed by atoms with E-state index >= 15 is 0 Å². The molecule has 0 saturated carbocycles. The van der Waals surface area contributed by atoms with Gasteiger partial charge in [0.15, 0.2) is 0 Å². The minimum atomic E-state index is -0.474. The average molecular weight is 327 g/mol. The molecule has 3 nitrogen and oxygen atoms in total. The Morgan fingerprint density at radius 1 is 0.840 bits per heavy atom. The van der Waals surface area contributed by atoms with Crippen LogP contribution in [0, 0.1) is 0 Å². The molecule has 1 aromatic heterocycles. The molecule has 0 aliphatic heterocycles. The first-order valence-electron chi connectivity index (χ1n) is 8.17. The minimum absolute atomic E-state index is 0.452. The first-order chi connectivity index (χ1) is 12.2. The summed E-state index contributed by atoms with van der Waals surface area (Å²) in [6.07, 6.45) is 0.715. The Balaban J connectivity index is 1.94. The fraction of sp³-hybridized carbons (Fsp3) is 0.0455. The van der Waals surface area contributed by atoms with Crippen LogP contribution in [0.15, 0.2) is 83.3 Å². The fourth-order valence-electron chi connectivity index (χ4n) is 3.21. The molecule has 25 heavy (non-hydrogen) atoms. The summed E-state index contributed by atoms with van der Waals surface area (Å²) in [5.74, 6) is 0.0572. The number of fused-ring (bicyclic) bond motifs is 1. The number of hydrogen-bond acceptors (Lipinski definition) is 2. The maximum Gasteiger partial charge on any atom is 0.253 e. The summed E-state index contributed by atoms with van der Waals surface area (Å²) in [5, 5.41) is 0.803. The SMILES string of the molecule is NC(=O)c1c(-c2ccccc2)oc2cccc(Cc3ccccc3)c12. The number of rotatable bonds is 4. The second-order valence-corrected chi connectivity index (χ2v) is 5.99. The number of carbonyl (C=O) groups is 1. The second kappa shape index (κ2) is 6.29. The molecule has 0 unspecified atom stereocenters. The molecule has 0 fully saturated rings. The third-order valence-electron chi connectivity index (χ3n) is 4.32. The fourth-order valence-corrected chi connectivity index (χ4v) is 3.21. The third-order valence-corrected chi connectivity index (χ3v) is 4.32. The van der Waals surface area contributed by atoms with Gasteiger partial charge in [-0.25, -0.2) is 0 Å². The van der Waals surface area contributed by atoms with E-state index in [2.05, 4.69) is 12.1 Å². The smallest absolute Gasteiger partial charge is 0.253 e. The summed E-state index contributed by atoms with van der Waals surface area (Å²) in [6, 6.07) is 25.6. The van der Waals surface area contributed by atoms with Gasteiger partial charge in [-0.15, -0.1) is 0 Å². The summed E-state index contributed by atoms with van der Waals surface area (Å²) in [7, 11) is 0. The van der Waals surface area contributed by atoms with Crippen molar-refractivity contribution in [3.8, 4) is 11.3 Å². The van der Waals surface area contributed by atoms with Crippen LogP contribution in [-0.2, 0) is 6.42 Å². The molecule has 0 saturated heterocycles. The zero-order valence-corrected chi connectivity index (χ0v) is 13.6. The van der Waals surface area contributed by atoms with Crippen molar-refractivity contribution in [3.05, 3.63) is 95.6 Å². The number of primary amides is 1. The molecular weight excluding hydrogens is 310 g/mol. The summed E-state index contributed by atoms with van der Waals surface area (Å²) in [4.78, 5) is 12.2. The van der Waals surface area contributed by atoms with Gasteiger partial charge in [-0.1, -0.05) is 72.8 Å². The second-order valence-electron chi connectivity index (χ2n) is 5.99. The number of hydrogen-bond donors (Lipinski definition) is 1. The van der Waals surface area contributed by atoms with E-state index in [0.717, 1.165) is 16.5 Å². The highest BCUT2D eigenvalue weighted by molar-refractivity contribution is 6.11. The van der Waals surface area contributed by atoms with Crippen molar-refractivity contribution in [2.24, 2.45) is 5.73 Å². The summed E-state index contributed by atoms with van der Waals surface area (Å²) < 4.78 is 6.02. The Kier molecular flexibility index (Phi) is 3.82. The predicted molar refractivity (Wildman–Crippen MR) is 99.4 cm³/mol. The predicted octanol–water partition coefficient (Wildman–Crippen LogP) is 4.79. The molecule has 1 heterocycles. The largest absolute Gasteiger partial charge is 0.455 e. The zero-order chi connectivity index (χ0) is 17.2. The molecular formula is C22H17NO2. The molecule has 122 valence electrons. The number of amides is 1. The van der Waals surface area contributed by atoms with E-state index < -0.39 is 5.91 Å². The zero-order valence-electron chi connectivity index (χ0n) is 13.6. The summed E-state index contributed by atoms with van der Waals surface area (Å²) in [5.41, 5.74) is 9.91. The van der Waals surface area contributed by atoms with Crippen LogP contribution in [0.25, 0.3) is 22.3 Å². The van der Waals surface area contributed by atoms with Crippen LogP contribution in [-0.4, -0.2) is 5.91 Å². The van der Waals surface area contributed by atoms with Crippen molar-refractivity contribution >= 4 is 16.9 Å². The maximum atomic E-state index is 12.2. The van der Waals surface area contributed by atoms with Crippen LogP contribution in [0.2, 0.25) is 0 Å². The Morgan fingerprint density at radius 2 is 1.52 bits per heavy atom. The van der Waals surface area contributed by atoms with E-state index in [0.29, 0.717) is 23.3 Å². The number of furan rings is 1. The first-order valence-corrected chi connectivity index (χ1v) is 8.17. The average Bonchev–Trinajstić information content (AvgIpc) is 3.04. The third kappa shape index (κ3) is 2.81. The molecule has 3 aromatic carbocycles. The van der Waals surface area contributed by atoms with Crippen LogP contribution in [0.4, 0.5) is 0 Å². The Hall–Kier alpha value is -3.33. The molecule has 4 aromatic rings. The Labute approximate surface area is 145 Å². The number of benzene rings is 3. The number of carbonyl (C=O) groups excluding carboxylic acids is 1. The molecule has 0 atom stereocenters. The van der Waals surface area contributed by atoms with Crippen molar-refractivity contribution in [1.82, 2.24) is 0 Å². The molecule has 0 aliphatic rings. The maximum absolute atomic E-state index is 12.2. The van der Waals surface area contributed by atoms with Gasteiger partial charge in [-0.3, -0.25) is 4.79 Å². The lowest BCUT2D eigenvalue weighted by molar-refractivity contribution is 0.100. The summed E-state index contributed by atoms with van der Waals surface area (Å²) in [6.45, 7) is 0. The van der Waals surface area contributed by atoms with Gasteiger partial charge < -0.3 is 10.2 Å². The van der Waals surface area contributed by atoms with E-state index in [9.17, 15) is 4.79 Å². The van der Waals surface area contributed by atoms with Crippen LogP contribution in [0.1, 0.15) is 21.5 Å². The molecule has 4 rings (SSSR count). The van der Waals surface area contributed by atoms with Gasteiger partial charge in [0.05, 0.1) is 5.56 Å². The number of nitrogens with two attached hydrogens (primary N) is 1. The lowest BCUT2D eigenvalue weighted by Crippen LogP contribution is -2.12. The molecule has 1 amide bonds. The molecule has 0 radical (unpaired) electrons. The Bertz CT molecular complexity index is 1030. The topological polar surface area (TPSA) is 56.2 Å². The highest BCUT2D eigenvalue weighted by Crippen LogP contribution is 2.35. The van der Waals surface area contributed by atoms with Gasteiger partial charge in [-0.2, -0.15) is 0 Å². The van der Waals surface area contributed by atoms with E-state index in [1.807, 2.05) is 66.7 Å². The molecule has 0 bridgehead atoms. The summed E-state index contributed by atoms with van der Waals surface area (Å²) >= 11 is 0. The van der Waals surface area contributed by atoms with E-state index in [1.165, 1.54) is 5.56 Å². The van der Waals surface area contributed by atoms with Crippen LogP contribution in [0.3, 0.4) is 0 Å². The molecule has 0 aliphatic carbocycles. The van der Waals surface area contributed by atoms with Gasteiger partial charge in [-0.05, 0) is 23.6 Å². The highest BCUT2D eigenvalue weighted by atomic mass is 16.3.